The highest BCUT2D eigenvalue weighted by atomic mass is 32.1. The van der Waals surface area contributed by atoms with Crippen LogP contribution in [0.4, 0.5) is 0 Å². The van der Waals surface area contributed by atoms with Crippen molar-refractivity contribution >= 4 is 309 Å². The maximum absolute atomic E-state index is 4.68. The fraction of sp³-hybridized carbons (Fsp3) is 0.00763. The Hall–Kier alpha value is -18.0. The molecule has 20 aromatic carbocycles. The molecule has 0 unspecified atom stereocenters. The van der Waals surface area contributed by atoms with Crippen molar-refractivity contribution in [2.75, 3.05) is 0 Å². The van der Waals surface area contributed by atoms with Crippen LogP contribution in [0.5, 0.6) is 0 Å². The summed E-state index contributed by atoms with van der Waals surface area (Å²) in [5, 5.41) is 27.9. The summed E-state index contributed by atoms with van der Waals surface area (Å²) in [7, 11) is 0. The van der Waals surface area contributed by atoms with Crippen molar-refractivity contribution in [3.8, 4) is 45.0 Å². The molecule has 0 amide bonds. The first kappa shape index (κ1) is 83.3. The minimum absolute atomic E-state index is 0.373. The van der Waals surface area contributed by atoms with Gasteiger partial charge in [-0.3, -0.25) is 0 Å². The Morgan fingerprint density at radius 1 is 0.168 bits per heavy atom. The smallest absolute Gasteiger partial charge is 0.116 e. The highest BCUT2D eigenvalue weighted by Gasteiger charge is 2.52. The molecule has 0 fully saturated rings. The van der Waals surface area contributed by atoms with Crippen LogP contribution >= 0.6 is 68.0 Å². The lowest BCUT2D eigenvalue weighted by atomic mass is 9.70. The molecule has 14 aromatic heterocycles. The predicted molar refractivity (Wildman–Crippen MR) is 632 cm³/mol. The number of para-hydroxylation sites is 4. The summed E-state index contributed by atoms with van der Waals surface area (Å²) >= 11 is 10.8. The summed E-state index contributed by atoms with van der Waals surface area (Å²) in [5.74, 6) is 0. The molecule has 0 atom stereocenters. The molecule has 0 radical (unpaired) electrons. The van der Waals surface area contributed by atoms with E-state index in [0.717, 1.165) is 46.6 Å². The van der Waals surface area contributed by atoms with Gasteiger partial charge in [-0.25, -0.2) is 39.9 Å². The molecule has 149 heavy (non-hydrogen) atoms. The molecule has 18 heteroatoms. The predicted octanol–water partition coefficient (Wildman–Crippen LogP) is 36.3. The van der Waals surface area contributed by atoms with Crippen molar-refractivity contribution in [2.45, 2.75) is 5.41 Å². The third-order valence-electron chi connectivity index (χ3n) is 31.2. The average molecular weight is 2010 g/mol. The van der Waals surface area contributed by atoms with Gasteiger partial charge < -0.3 is 18.3 Å². The van der Waals surface area contributed by atoms with Crippen LogP contribution in [0, 0.1) is 0 Å². The maximum Gasteiger partial charge on any atom is 0.116 e. The zero-order valence-electron chi connectivity index (χ0n) is 78.9. The first-order valence-corrected chi connectivity index (χ1v) is 54.6. The van der Waals surface area contributed by atoms with E-state index in [0.29, 0.717) is 0 Å². The second kappa shape index (κ2) is 32.0. The lowest BCUT2D eigenvalue weighted by Crippen LogP contribution is -2.26. The minimum Gasteiger partial charge on any atom is -0.309 e. The highest BCUT2D eigenvalue weighted by molar-refractivity contribution is 7.28. The Balaban J connectivity index is 0.0000000869. The monoisotopic (exact) mass is 2000 g/mol. The second-order valence-corrected chi connectivity index (χ2v) is 45.2. The summed E-state index contributed by atoms with van der Waals surface area (Å²) in [6.07, 6.45) is 14.3. The van der Waals surface area contributed by atoms with E-state index < -0.39 is 0 Å². The fourth-order valence-electron chi connectivity index (χ4n) is 25.0. The fourth-order valence-corrected chi connectivity index (χ4v) is 31.5. The maximum atomic E-state index is 4.68. The van der Waals surface area contributed by atoms with Gasteiger partial charge in [0.05, 0.1) is 101 Å². The lowest BCUT2D eigenvalue weighted by Gasteiger charge is -2.30. The molecular formula is C131H72N12S6. The van der Waals surface area contributed by atoms with E-state index >= 15 is 0 Å². The Bertz CT molecular complexity index is 11700. The van der Waals surface area contributed by atoms with Gasteiger partial charge in [-0.1, -0.05) is 255 Å². The summed E-state index contributed by atoms with van der Waals surface area (Å²) < 4.78 is 24.5. The number of nitrogens with zero attached hydrogens (tertiary/aromatic N) is 12. The van der Waals surface area contributed by atoms with Crippen LogP contribution < -0.4 is 0 Å². The minimum atomic E-state index is -0.373. The standard InChI is InChI=1S/C41H23N3S.C34H19N3S.2C28H15N3S2/c1-5-13-32-25(9-1)26-10-2-6-14-33(26)41(32)34-15-7-3-11-27(34)28-18-17-24(19-35(28)41)44-36-16-8-4-12-29(36)30-21-38-31(20-37(30)44)40-39(45-38)22-42-23-43-40;1-2-9-23-21(7-1)22-8-3-4-10-24(22)27-15-20(13-14-25(23)27)37-30-12-6-5-11-26(30)28-17-32-29(16-31(28)37)34-33(38-32)18-35-19-36-34;1-3-9-21-16(6-1)19-13-25-20(27-26(32-25)14-29-15-30-27)12-23(19)31(21)22-10-5-8-18-17-7-2-4-11-24(17)33-28(18)22;1-3-7-22-17(5-1)19-13-26-21(28-27(33-26)14-29-15-30-28)12-23(19)31(22)16-9-10-25-20(11-16)18-6-2-4-8-24(18)32-25/h1-23H;1-19H;2*1-15H. The van der Waals surface area contributed by atoms with E-state index in [1.54, 1.807) is 70.7 Å². The molecule has 0 aliphatic heterocycles. The summed E-state index contributed by atoms with van der Waals surface area (Å²) in [6.45, 7) is 0. The van der Waals surface area contributed by atoms with Crippen LogP contribution in [-0.2, 0) is 5.41 Å². The van der Waals surface area contributed by atoms with Crippen LogP contribution in [0.1, 0.15) is 22.3 Å². The summed E-state index contributed by atoms with van der Waals surface area (Å²) in [6, 6.07) is 143. The summed E-state index contributed by atoms with van der Waals surface area (Å²) in [4.78, 5) is 35.5. The van der Waals surface area contributed by atoms with Crippen molar-refractivity contribution < 1.29 is 0 Å². The van der Waals surface area contributed by atoms with E-state index in [4.69, 9.17) is 0 Å². The molecular weight excluding hydrogens is 1930 g/mol. The van der Waals surface area contributed by atoms with Gasteiger partial charge in [0.1, 0.15) is 25.3 Å². The largest absolute Gasteiger partial charge is 0.309 e. The first-order valence-electron chi connectivity index (χ1n) is 49.7. The zero-order chi connectivity index (χ0) is 97.1. The molecule has 0 N–H and O–H groups in total. The van der Waals surface area contributed by atoms with Crippen LogP contribution in [0.2, 0.25) is 0 Å². The average Bonchev–Trinajstić information content (AvgIpc) is 1.50. The Morgan fingerprint density at radius 3 is 0.906 bits per heavy atom. The third kappa shape index (κ3) is 12.1. The quantitative estimate of drug-likeness (QED) is 0.160. The van der Waals surface area contributed by atoms with E-state index in [9.17, 15) is 0 Å². The number of hydrogen-bond donors (Lipinski definition) is 0. The number of rotatable bonds is 4. The molecule has 0 bridgehead atoms. The molecule has 692 valence electrons. The molecule has 36 rings (SSSR count). The van der Waals surface area contributed by atoms with E-state index in [-0.39, 0.29) is 5.41 Å². The van der Waals surface area contributed by atoms with Crippen LogP contribution in [0.3, 0.4) is 0 Å². The van der Waals surface area contributed by atoms with Gasteiger partial charge in [0, 0.05) is 161 Å². The molecule has 1 spiro atoms. The van der Waals surface area contributed by atoms with E-state index in [2.05, 4.69) is 446 Å². The SMILES string of the molecule is c1ccc2c(c1)-c1ccccc1C21c2ccccc2-c2ccc(-n3c4ccccc4c4cc5sc6cncnc6c5cc43)cc21.c1ccc2c(c1)c1ccccc1c1cc(-n3c4ccccc4c4cc5sc6cncnc6c5cc43)ccc21.c1ccc2c(c1)sc1c(-n3c4ccccc4c4cc5sc6cncnc6c5cc43)cccc12.c1ccc2c(c1)sc1ccc(-n3c4ccccc4c4cc5sc6cncnc6c5cc43)cc12. The van der Waals surface area contributed by atoms with Gasteiger partial charge >= 0.3 is 0 Å². The molecule has 0 saturated carbocycles. The van der Waals surface area contributed by atoms with Crippen LogP contribution in [-0.4, -0.2) is 58.1 Å². The summed E-state index contributed by atoms with van der Waals surface area (Å²) in [5.41, 5.74) is 28.9. The van der Waals surface area contributed by atoms with Crippen molar-refractivity contribution in [3.05, 3.63) is 461 Å². The van der Waals surface area contributed by atoms with Gasteiger partial charge in [0.25, 0.3) is 0 Å². The first-order chi connectivity index (χ1) is 73.9. The van der Waals surface area contributed by atoms with Crippen molar-refractivity contribution in [1.29, 1.82) is 0 Å². The van der Waals surface area contributed by atoms with Gasteiger partial charge in [0.2, 0.25) is 0 Å². The number of fused-ring (bicyclic) bond motifs is 46. The molecule has 14 heterocycles. The Labute approximate surface area is 870 Å². The molecule has 2 aliphatic carbocycles. The van der Waals surface area contributed by atoms with Gasteiger partial charge in [-0.15, -0.1) is 68.0 Å². The molecule has 12 nitrogen and oxygen atoms in total. The molecule has 2 aliphatic rings. The van der Waals surface area contributed by atoms with Gasteiger partial charge in [-0.05, 0) is 210 Å². The normalized spacial score (nSPS) is 12.8. The van der Waals surface area contributed by atoms with Crippen molar-refractivity contribution in [3.63, 3.8) is 0 Å². The second-order valence-electron chi connectivity index (χ2n) is 38.7. The van der Waals surface area contributed by atoms with Gasteiger partial charge in [0.15, 0.2) is 0 Å². The Morgan fingerprint density at radius 2 is 0.470 bits per heavy atom. The zero-order valence-corrected chi connectivity index (χ0v) is 83.8. The number of thiophene rings is 6. The molecule has 0 saturated heterocycles. The topological polar surface area (TPSA) is 123 Å². The third-order valence-corrected chi connectivity index (χ3v) is 37.8. The van der Waals surface area contributed by atoms with Crippen molar-refractivity contribution in [2.24, 2.45) is 0 Å². The Kier molecular flexibility index (Phi) is 17.9. The van der Waals surface area contributed by atoms with Crippen LogP contribution in [0.25, 0.3) is 286 Å². The van der Waals surface area contributed by atoms with Crippen molar-refractivity contribution in [1.82, 2.24) is 58.1 Å². The molecule has 34 aromatic rings. The van der Waals surface area contributed by atoms with E-state index in [1.807, 2.05) is 47.5 Å². The van der Waals surface area contributed by atoms with Crippen LogP contribution in [0.15, 0.2) is 438 Å². The number of hydrogen-bond acceptors (Lipinski definition) is 14. The lowest BCUT2D eigenvalue weighted by molar-refractivity contribution is 0.792. The number of aromatic nitrogens is 12. The highest BCUT2D eigenvalue weighted by Crippen LogP contribution is 2.64. The number of benzene rings is 20. The van der Waals surface area contributed by atoms with Gasteiger partial charge in [-0.2, -0.15) is 0 Å². The van der Waals surface area contributed by atoms with E-state index in [1.165, 1.54) is 262 Å².